The number of benzene rings is 1. The number of guanidine groups is 1. The van der Waals surface area contributed by atoms with Gasteiger partial charge in [0.05, 0.1) is 6.54 Å². The van der Waals surface area contributed by atoms with Gasteiger partial charge in [-0.2, -0.15) is 0 Å². The number of aliphatic imine (C=N–C) groups is 1. The zero-order valence-electron chi connectivity index (χ0n) is 19.1. The van der Waals surface area contributed by atoms with E-state index in [-0.39, 0.29) is 29.9 Å². The van der Waals surface area contributed by atoms with E-state index in [2.05, 4.69) is 65.5 Å². The first-order chi connectivity index (χ1) is 14.1. The second kappa shape index (κ2) is 14.6. The Morgan fingerprint density at radius 3 is 2.43 bits per heavy atom. The summed E-state index contributed by atoms with van der Waals surface area (Å²) in [6, 6.07) is 8.78. The SMILES string of the molecule is CCNC(=NCc1cccc(CN(CC)CC)c1)N1CCC(CC(=O)NC)CC1.I. The fourth-order valence-electron chi connectivity index (χ4n) is 3.84. The summed E-state index contributed by atoms with van der Waals surface area (Å²) in [5, 5.41) is 6.18. The van der Waals surface area contributed by atoms with Gasteiger partial charge in [0.2, 0.25) is 5.91 Å². The Morgan fingerprint density at radius 2 is 1.83 bits per heavy atom. The summed E-state index contributed by atoms with van der Waals surface area (Å²) >= 11 is 0. The van der Waals surface area contributed by atoms with E-state index in [0.29, 0.717) is 18.9 Å². The number of halogens is 1. The van der Waals surface area contributed by atoms with Crippen LogP contribution < -0.4 is 10.6 Å². The summed E-state index contributed by atoms with van der Waals surface area (Å²) in [4.78, 5) is 21.3. The molecule has 0 atom stereocenters. The highest BCUT2D eigenvalue weighted by molar-refractivity contribution is 14.0. The molecule has 1 aliphatic heterocycles. The number of piperidine rings is 1. The summed E-state index contributed by atoms with van der Waals surface area (Å²) < 4.78 is 0. The average Bonchev–Trinajstić information content (AvgIpc) is 2.75. The van der Waals surface area contributed by atoms with Gasteiger partial charge in [0, 0.05) is 39.6 Å². The van der Waals surface area contributed by atoms with Gasteiger partial charge in [0.15, 0.2) is 5.96 Å². The maximum absolute atomic E-state index is 11.6. The van der Waals surface area contributed by atoms with Gasteiger partial charge in [-0.1, -0.05) is 38.1 Å². The van der Waals surface area contributed by atoms with Gasteiger partial charge in [-0.15, -0.1) is 24.0 Å². The van der Waals surface area contributed by atoms with E-state index in [0.717, 1.165) is 58.1 Å². The van der Waals surface area contributed by atoms with Crippen molar-refractivity contribution in [3.8, 4) is 0 Å². The minimum absolute atomic E-state index is 0. The van der Waals surface area contributed by atoms with Crippen molar-refractivity contribution < 1.29 is 4.79 Å². The van der Waals surface area contributed by atoms with Gasteiger partial charge in [-0.3, -0.25) is 9.69 Å². The topological polar surface area (TPSA) is 60.0 Å². The van der Waals surface area contributed by atoms with Crippen molar-refractivity contribution >= 4 is 35.8 Å². The molecule has 30 heavy (non-hydrogen) atoms. The van der Waals surface area contributed by atoms with Crippen LogP contribution in [-0.2, 0) is 17.9 Å². The number of carbonyl (C=O) groups is 1. The highest BCUT2D eigenvalue weighted by Gasteiger charge is 2.23. The van der Waals surface area contributed by atoms with E-state index < -0.39 is 0 Å². The van der Waals surface area contributed by atoms with Gasteiger partial charge in [-0.25, -0.2) is 4.99 Å². The Morgan fingerprint density at radius 1 is 1.17 bits per heavy atom. The minimum Gasteiger partial charge on any atom is -0.359 e. The van der Waals surface area contributed by atoms with Crippen LogP contribution in [0, 0.1) is 5.92 Å². The van der Waals surface area contributed by atoms with Gasteiger partial charge >= 0.3 is 0 Å². The molecule has 0 radical (unpaired) electrons. The largest absolute Gasteiger partial charge is 0.359 e. The third-order valence-electron chi connectivity index (χ3n) is 5.71. The number of amides is 1. The van der Waals surface area contributed by atoms with Crippen LogP contribution >= 0.6 is 24.0 Å². The lowest BCUT2D eigenvalue weighted by atomic mass is 9.93. The number of hydrogen-bond acceptors (Lipinski definition) is 3. The van der Waals surface area contributed by atoms with Crippen molar-refractivity contribution in [2.24, 2.45) is 10.9 Å². The van der Waals surface area contributed by atoms with Crippen LogP contribution in [-0.4, -0.2) is 61.4 Å². The summed E-state index contributed by atoms with van der Waals surface area (Å²) in [6.45, 7) is 13.1. The van der Waals surface area contributed by atoms with Crippen LogP contribution in [0.15, 0.2) is 29.3 Å². The van der Waals surface area contributed by atoms with Gasteiger partial charge in [0.1, 0.15) is 0 Å². The normalized spacial score (nSPS) is 15.1. The molecule has 0 unspecified atom stereocenters. The van der Waals surface area contributed by atoms with Crippen LogP contribution in [0.3, 0.4) is 0 Å². The van der Waals surface area contributed by atoms with Gasteiger partial charge in [0.25, 0.3) is 0 Å². The Bertz CT molecular complexity index is 655. The lowest BCUT2D eigenvalue weighted by Gasteiger charge is -2.34. The van der Waals surface area contributed by atoms with Crippen LogP contribution in [0.5, 0.6) is 0 Å². The summed E-state index contributed by atoms with van der Waals surface area (Å²) in [5.74, 6) is 1.61. The fourth-order valence-corrected chi connectivity index (χ4v) is 3.84. The van der Waals surface area contributed by atoms with Crippen LogP contribution in [0.2, 0.25) is 0 Å². The summed E-state index contributed by atoms with van der Waals surface area (Å²) in [5.41, 5.74) is 2.60. The molecule has 1 aliphatic rings. The van der Waals surface area contributed by atoms with E-state index >= 15 is 0 Å². The highest BCUT2D eigenvalue weighted by Crippen LogP contribution is 2.20. The quantitative estimate of drug-likeness (QED) is 0.292. The second-order valence-electron chi connectivity index (χ2n) is 7.76. The van der Waals surface area contributed by atoms with E-state index in [1.54, 1.807) is 7.05 Å². The maximum Gasteiger partial charge on any atom is 0.220 e. The second-order valence-corrected chi connectivity index (χ2v) is 7.76. The lowest BCUT2D eigenvalue weighted by molar-refractivity contribution is -0.121. The Balaban J connectivity index is 0.00000450. The van der Waals surface area contributed by atoms with Crippen molar-refractivity contribution in [1.82, 2.24) is 20.4 Å². The molecule has 1 amide bonds. The first-order valence-corrected chi connectivity index (χ1v) is 11.1. The first kappa shape index (κ1) is 26.7. The van der Waals surface area contributed by atoms with Crippen LogP contribution in [0.25, 0.3) is 0 Å². The monoisotopic (exact) mass is 529 g/mol. The molecule has 0 bridgehead atoms. The molecule has 1 heterocycles. The van der Waals surface area contributed by atoms with Crippen molar-refractivity contribution in [1.29, 1.82) is 0 Å². The Labute approximate surface area is 199 Å². The van der Waals surface area contributed by atoms with E-state index in [9.17, 15) is 4.79 Å². The summed E-state index contributed by atoms with van der Waals surface area (Å²) in [7, 11) is 1.71. The predicted octanol–water partition coefficient (Wildman–Crippen LogP) is 3.46. The van der Waals surface area contributed by atoms with Crippen LogP contribution in [0.4, 0.5) is 0 Å². The molecule has 1 saturated heterocycles. The molecule has 1 fully saturated rings. The smallest absolute Gasteiger partial charge is 0.220 e. The van der Waals surface area contributed by atoms with E-state index in [1.165, 1.54) is 11.1 Å². The van der Waals surface area contributed by atoms with Gasteiger partial charge < -0.3 is 15.5 Å². The molecule has 1 aromatic carbocycles. The molecule has 1 aromatic rings. The Kier molecular flexibility index (Phi) is 13.0. The summed E-state index contributed by atoms with van der Waals surface area (Å²) in [6.07, 6.45) is 2.71. The number of carbonyl (C=O) groups excluding carboxylic acids is 1. The average molecular weight is 530 g/mol. The number of likely N-dealkylation sites (tertiary alicyclic amines) is 1. The third kappa shape index (κ3) is 8.79. The zero-order chi connectivity index (χ0) is 21.1. The highest BCUT2D eigenvalue weighted by atomic mass is 127. The number of hydrogen-bond donors (Lipinski definition) is 2. The maximum atomic E-state index is 11.6. The van der Waals surface area contributed by atoms with Crippen molar-refractivity contribution in [3.63, 3.8) is 0 Å². The number of nitrogens with zero attached hydrogens (tertiary/aromatic N) is 3. The van der Waals surface area contributed by atoms with E-state index in [4.69, 9.17) is 4.99 Å². The van der Waals surface area contributed by atoms with Gasteiger partial charge in [-0.05, 0) is 49.9 Å². The minimum atomic E-state index is 0. The predicted molar refractivity (Wildman–Crippen MR) is 136 cm³/mol. The van der Waals surface area contributed by atoms with Crippen molar-refractivity contribution in [3.05, 3.63) is 35.4 Å². The standard InChI is InChI=1S/C23H39N5O.HI/c1-5-25-23(28-13-11-19(12-14-28)16-22(29)24-4)26-17-20-9-8-10-21(15-20)18-27(6-2)7-3;/h8-10,15,19H,5-7,11-14,16-18H2,1-4H3,(H,24,29)(H,25,26);1H. The van der Waals surface area contributed by atoms with Crippen molar-refractivity contribution in [2.45, 2.75) is 53.1 Å². The number of rotatable bonds is 9. The lowest BCUT2D eigenvalue weighted by Crippen LogP contribution is -2.46. The third-order valence-corrected chi connectivity index (χ3v) is 5.71. The van der Waals surface area contributed by atoms with E-state index in [1.807, 2.05) is 0 Å². The Hall–Kier alpha value is -1.35. The molecule has 2 N–H and O–H groups in total. The zero-order valence-corrected chi connectivity index (χ0v) is 21.4. The number of nitrogens with one attached hydrogen (secondary N) is 2. The molecule has 7 heteroatoms. The molecule has 0 aromatic heterocycles. The van der Waals surface area contributed by atoms with Crippen LogP contribution in [0.1, 0.15) is 51.2 Å². The molecule has 6 nitrogen and oxygen atoms in total. The van der Waals surface area contributed by atoms with Crippen molar-refractivity contribution in [2.75, 3.05) is 39.8 Å². The molecule has 0 spiro atoms. The molecule has 170 valence electrons. The first-order valence-electron chi connectivity index (χ1n) is 11.1. The molecular formula is C23H40IN5O. The fraction of sp³-hybridized carbons (Fsp3) is 0.652. The molecular weight excluding hydrogens is 489 g/mol. The molecule has 2 rings (SSSR count). The molecule has 0 aliphatic carbocycles. The molecule has 0 saturated carbocycles.